The summed E-state index contributed by atoms with van der Waals surface area (Å²) in [6, 6.07) is 13.2. The highest BCUT2D eigenvalue weighted by atomic mass is 35.5. The molecule has 0 fully saturated rings. The van der Waals surface area contributed by atoms with Crippen LogP contribution in [0.5, 0.6) is 5.75 Å². The van der Waals surface area contributed by atoms with E-state index in [4.69, 9.17) is 16.3 Å². The Bertz CT molecular complexity index is 1170. The van der Waals surface area contributed by atoms with E-state index in [-0.39, 0.29) is 11.7 Å². The molecule has 10 heteroatoms. The molecule has 0 unspecified atom stereocenters. The molecule has 2 heterocycles. The molecule has 0 aliphatic rings. The second-order valence-electron chi connectivity index (χ2n) is 6.69. The molecular weight excluding hydrogens is 436 g/mol. The average molecular weight is 457 g/mol. The van der Waals surface area contributed by atoms with E-state index < -0.39 is 0 Å². The van der Waals surface area contributed by atoms with Crippen LogP contribution in [-0.2, 0) is 11.2 Å². The lowest BCUT2D eigenvalue weighted by atomic mass is 10.1. The highest BCUT2D eigenvalue weighted by Crippen LogP contribution is 2.23. The van der Waals surface area contributed by atoms with Gasteiger partial charge in [0.05, 0.1) is 18.0 Å². The van der Waals surface area contributed by atoms with Gasteiger partial charge < -0.3 is 15.0 Å². The van der Waals surface area contributed by atoms with E-state index in [2.05, 4.69) is 25.8 Å². The number of aromatic amines is 1. The van der Waals surface area contributed by atoms with Crippen LogP contribution in [0.2, 0.25) is 5.02 Å². The van der Waals surface area contributed by atoms with Crippen molar-refractivity contribution in [1.29, 1.82) is 0 Å². The molecule has 31 heavy (non-hydrogen) atoms. The topological polar surface area (TPSA) is 97.7 Å². The summed E-state index contributed by atoms with van der Waals surface area (Å²) < 4.78 is 7.05. The first kappa shape index (κ1) is 21.2. The normalized spacial score (nSPS) is 11.0. The number of rotatable bonds is 9. The van der Waals surface area contributed by atoms with Crippen LogP contribution in [-0.4, -0.2) is 50.0 Å². The highest BCUT2D eigenvalue weighted by molar-refractivity contribution is 7.99. The second-order valence-corrected chi connectivity index (χ2v) is 8.07. The lowest BCUT2D eigenvalue weighted by Crippen LogP contribution is -2.27. The average Bonchev–Trinajstić information content (AvgIpc) is 3.40. The largest absolute Gasteiger partial charge is 0.494 e. The van der Waals surface area contributed by atoms with Crippen molar-refractivity contribution in [2.75, 3.05) is 18.9 Å². The van der Waals surface area contributed by atoms with Crippen LogP contribution < -0.4 is 10.1 Å². The molecule has 4 aromatic rings. The summed E-state index contributed by atoms with van der Waals surface area (Å²) in [7, 11) is 0. The van der Waals surface area contributed by atoms with E-state index in [9.17, 15) is 4.79 Å². The summed E-state index contributed by atoms with van der Waals surface area (Å²) >= 11 is 7.37. The van der Waals surface area contributed by atoms with E-state index in [0.717, 1.165) is 27.9 Å². The minimum atomic E-state index is -0.0795. The molecule has 0 aliphatic heterocycles. The molecule has 160 valence electrons. The second kappa shape index (κ2) is 9.84. The molecular formula is C21H21ClN6O2S. The van der Waals surface area contributed by atoms with E-state index in [1.54, 1.807) is 4.68 Å². The van der Waals surface area contributed by atoms with Gasteiger partial charge in [-0.1, -0.05) is 23.4 Å². The first-order valence-corrected chi connectivity index (χ1v) is 11.2. The number of benzene rings is 2. The quantitative estimate of drug-likeness (QED) is 0.373. The Balaban J connectivity index is 1.29. The number of ether oxygens (including phenoxy) is 1. The zero-order chi connectivity index (χ0) is 21.6. The number of carbonyl (C=O) groups excluding carboxylic acids is 1. The molecule has 4 rings (SSSR count). The van der Waals surface area contributed by atoms with Crippen molar-refractivity contribution in [1.82, 2.24) is 30.5 Å². The van der Waals surface area contributed by atoms with Crippen LogP contribution in [0.15, 0.2) is 53.8 Å². The number of fused-ring (bicyclic) bond motifs is 1. The third-order valence-electron chi connectivity index (χ3n) is 4.61. The van der Waals surface area contributed by atoms with E-state index >= 15 is 0 Å². The lowest BCUT2D eigenvalue weighted by molar-refractivity contribution is -0.118. The van der Waals surface area contributed by atoms with E-state index in [0.29, 0.717) is 29.8 Å². The molecule has 0 saturated heterocycles. The van der Waals surface area contributed by atoms with Crippen molar-refractivity contribution < 1.29 is 9.53 Å². The van der Waals surface area contributed by atoms with Gasteiger partial charge in [-0.15, -0.1) is 5.10 Å². The number of hydrogen-bond acceptors (Lipinski definition) is 6. The zero-order valence-electron chi connectivity index (χ0n) is 16.8. The zero-order valence-corrected chi connectivity index (χ0v) is 18.4. The van der Waals surface area contributed by atoms with E-state index in [1.165, 1.54) is 11.8 Å². The number of carbonyl (C=O) groups is 1. The predicted octanol–water partition coefficient (Wildman–Crippen LogP) is 3.65. The number of H-pyrrole nitrogens is 1. The summed E-state index contributed by atoms with van der Waals surface area (Å²) in [5, 5.41) is 17.0. The standard InChI is InChI=1S/C21H21ClN6O2S/c1-2-30-17-6-4-16(5-7-17)28-21(25-26-27-28)31-13-20(29)23-10-9-14-12-24-19-8-3-15(22)11-18(14)19/h3-8,11-12,24H,2,9-10,13H2,1H3,(H,23,29). The SMILES string of the molecule is CCOc1ccc(-n2nnnc2SCC(=O)NCCc2c[nH]c3ccc(Cl)cc23)cc1. The third-order valence-corrected chi connectivity index (χ3v) is 5.77. The van der Waals surface area contributed by atoms with Crippen LogP contribution >= 0.6 is 23.4 Å². The molecule has 0 atom stereocenters. The number of hydrogen-bond donors (Lipinski definition) is 2. The van der Waals surface area contributed by atoms with Crippen LogP contribution in [0.3, 0.4) is 0 Å². The Labute approximate surface area is 188 Å². The molecule has 1 amide bonds. The van der Waals surface area contributed by atoms with Gasteiger partial charge in [0.15, 0.2) is 0 Å². The molecule has 0 radical (unpaired) electrons. The summed E-state index contributed by atoms with van der Waals surface area (Å²) in [4.78, 5) is 15.5. The van der Waals surface area contributed by atoms with Crippen LogP contribution in [0, 0.1) is 0 Å². The Kier molecular flexibility index (Phi) is 6.73. The first-order chi connectivity index (χ1) is 15.1. The Morgan fingerprint density at radius 1 is 1.26 bits per heavy atom. The van der Waals surface area contributed by atoms with Gasteiger partial charge in [0.25, 0.3) is 0 Å². The molecule has 2 aromatic heterocycles. The fraction of sp³-hybridized carbons (Fsp3) is 0.238. The van der Waals surface area contributed by atoms with Gasteiger partial charge in [-0.25, -0.2) is 0 Å². The highest BCUT2D eigenvalue weighted by Gasteiger charge is 2.12. The summed E-state index contributed by atoms with van der Waals surface area (Å²) in [5.74, 6) is 0.923. The monoisotopic (exact) mass is 456 g/mol. The molecule has 0 bridgehead atoms. The van der Waals surface area contributed by atoms with Crippen LogP contribution in [0.1, 0.15) is 12.5 Å². The van der Waals surface area contributed by atoms with Gasteiger partial charge in [-0.05, 0) is 71.8 Å². The molecule has 0 saturated carbocycles. The van der Waals surface area contributed by atoms with Gasteiger partial charge in [-0.2, -0.15) is 4.68 Å². The minimum absolute atomic E-state index is 0.0795. The van der Waals surface area contributed by atoms with Gasteiger partial charge in [0.2, 0.25) is 11.1 Å². The van der Waals surface area contributed by atoms with Crippen LogP contribution in [0.4, 0.5) is 0 Å². The van der Waals surface area contributed by atoms with Crippen molar-refractivity contribution in [3.63, 3.8) is 0 Å². The van der Waals surface area contributed by atoms with Crippen molar-refractivity contribution in [3.05, 3.63) is 59.2 Å². The third kappa shape index (κ3) is 5.18. The van der Waals surface area contributed by atoms with Crippen molar-refractivity contribution in [2.45, 2.75) is 18.5 Å². The maximum Gasteiger partial charge on any atom is 0.230 e. The summed E-state index contributed by atoms with van der Waals surface area (Å²) in [6.45, 7) is 3.07. The smallest absolute Gasteiger partial charge is 0.230 e. The van der Waals surface area contributed by atoms with Gasteiger partial charge in [0.1, 0.15) is 5.75 Å². The van der Waals surface area contributed by atoms with Crippen molar-refractivity contribution >= 4 is 40.2 Å². The number of thioether (sulfide) groups is 1. The summed E-state index contributed by atoms with van der Waals surface area (Å²) in [6.07, 6.45) is 2.66. The number of tetrazole rings is 1. The Morgan fingerprint density at radius 2 is 2.10 bits per heavy atom. The molecule has 2 N–H and O–H groups in total. The molecule has 0 aliphatic carbocycles. The Morgan fingerprint density at radius 3 is 2.90 bits per heavy atom. The van der Waals surface area contributed by atoms with E-state index in [1.807, 2.05) is 55.6 Å². The molecule has 8 nitrogen and oxygen atoms in total. The first-order valence-electron chi connectivity index (χ1n) is 9.80. The number of amides is 1. The lowest BCUT2D eigenvalue weighted by Gasteiger charge is -2.07. The maximum atomic E-state index is 12.3. The number of nitrogens with one attached hydrogen (secondary N) is 2. The molecule has 0 spiro atoms. The van der Waals surface area contributed by atoms with Crippen molar-refractivity contribution in [3.8, 4) is 11.4 Å². The summed E-state index contributed by atoms with van der Waals surface area (Å²) in [5.41, 5.74) is 2.95. The van der Waals surface area contributed by atoms with Crippen LogP contribution in [0.25, 0.3) is 16.6 Å². The fourth-order valence-corrected chi connectivity index (χ4v) is 4.05. The Hall–Kier alpha value is -3.04. The van der Waals surface area contributed by atoms with Gasteiger partial charge in [-0.3, -0.25) is 4.79 Å². The fourth-order valence-electron chi connectivity index (χ4n) is 3.16. The molecule has 2 aromatic carbocycles. The van der Waals surface area contributed by atoms with Gasteiger partial charge in [0, 0.05) is 28.7 Å². The number of aromatic nitrogens is 5. The minimum Gasteiger partial charge on any atom is -0.494 e. The predicted molar refractivity (Wildman–Crippen MR) is 121 cm³/mol. The van der Waals surface area contributed by atoms with Gasteiger partial charge >= 0.3 is 0 Å². The maximum absolute atomic E-state index is 12.3. The van der Waals surface area contributed by atoms with Crippen molar-refractivity contribution in [2.24, 2.45) is 0 Å². The number of nitrogens with zero attached hydrogens (tertiary/aromatic N) is 4. The number of halogens is 1.